The standard InChI is InChI=1S/C9H16N2O3S/c1-2-10-9-11-7-6(13)3-5(4-12)14-8(7)15-9/h5-8,12-13H,2-4H2,1H3,(H,10,11)/t5-,6-,7+,8+/m0/s1. The van der Waals surface area contributed by atoms with Crippen LogP contribution >= 0.6 is 11.8 Å². The molecular weight excluding hydrogens is 216 g/mol. The van der Waals surface area contributed by atoms with Crippen LogP contribution in [0, 0.1) is 0 Å². The summed E-state index contributed by atoms with van der Waals surface area (Å²) >= 11 is 1.49. The average molecular weight is 232 g/mol. The third-order valence-electron chi connectivity index (χ3n) is 2.53. The third kappa shape index (κ3) is 2.28. The number of hydrogen-bond acceptors (Lipinski definition) is 6. The molecule has 0 spiro atoms. The van der Waals surface area contributed by atoms with Gasteiger partial charge in [0.25, 0.3) is 0 Å². The molecule has 0 aromatic heterocycles. The van der Waals surface area contributed by atoms with E-state index in [1.807, 2.05) is 6.92 Å². The van der Waals surface area contributed by atoms with Gasteiger partial charge in [0.2, 0.25) is 0 Å². The van der Waals surface area contributed by atoms with Crippen molar-refractivity contribution in [1.82, 2.24) is 5.32 Å². The van der Waals surface area contributed by atoms with Crippen molar-refractivity contribution in [3.63, 3.8) is 0 Å². The molecule has 0 radical (unpaired) electrons. The highest BCUT2D eigenvalue weighted by atomic mass is 32.2. The van der Waals surface area contributed by atoms with Crippen LogP contribution in [0.15, 0.2) is 4.99 Å². The van der Waals surface area contributed by atoms with Crippen molar-refractivity contribution in [3.8, 4) is 0 Å². The number of aliphatic hydroxyl groups is 2. The van der Waals surface area contributed by atoms with Gasteiger partial charge in [0.15, 0.2) is 5.17 Å². The van der Waals surface area contributed by atoms with E-state index in [1.165, 1.54) is 11.8 Å². The molecule has 1 fully saturated rings. The van der Waals surface area contributed by atoms with Gasteiger partial charge in [0, 0.05) is 13.0 Å². The fraction of sp³-hybridized carbons (Fsp3) is 0.889. The number of thioether (sulfide) groups is 1. The normalized spacial score (nSPS) is 39.8. The van der Waals surface area contributed by atoms with E-state index < -0.39 is 6.10 Å². The molecule has 0 aromatic rings. The summed E-state index contributed by atoms with van der Waals surface area (Å²) in [5.74, 6) is 0. The van der Waals surface area contributed by atoms with Crippen LogP contribution in [0.3, 0.4) is 0 Å². The van der Waals surface area contributed by atoms with Crippen molar-refractivity contribution in [1.29, 1.82) is 0 Å². The summed E-state index contributed by atoms with van der Waals surface area (Å²) in [6, 6.07) is -0.188. The highest BCUT2D eigenvalue weighted by Crippen LogP contribution is 2.35. The minimum absolute atomic E-state index is 0.0443. The molecule has 0 saturated carbocycles. The summed E-state index contributed by atoms with van der Waals surface area (Å²) in [5.41, 5.74) is -0.153. The Labute approximate surface area is 92.9 Å². The van der Waals surface area contributed by atoms with Crippen LogP contribution in [0.1, 0.15) is 13.3 Å². The van der Waals surface area contributed by atoms with Crippen molar-refractivity contribution in [3.05, 3.63) is 0 Å². The molecule has 2 aliphatic rings. The zero-order valence-corrected chi connectivity index (χ0v) is 9.41. The van der Waals surface area contributed by atoms with Gasteiger partial charge in [-0.2, -0.15) is 0 Å². The Kier molecular flexibility index (Phi) is 3.50. The number of ether oxygens (including phenoxy) is 1. The van der Waals surface area contributed by atoms with E-state index in [-0.39, 0.29) is 24.2 Å². The first-order chi connectivity index (χ1) is 7.24. The van der Waals surface area contributed by atoms with E-state index in [1.54, 1.807) is 0 Å². The Hall–Kier alpha value is -0.300. The van der Waals surface area contributed by atoms with Gasteiger partial charge in [0.05, 0.1) is 18.8 Å². The number of nitrogens with zero attached hydrogens (tertiary/aromatic N) is 1. The van der Waals surface area contributed by atoms with Gasteiger partial charge in [-0.25, -0.2) is 0 Å². The molecule has 0 amide bonds. The zero-order valence-electron chi connectivity index (χ0n) is 8.59. The van der Waals surface area contributed by atoms with Crippen LogP contribution in [0.5, 0.6) is 0 Å². The molecule has 6 heteroatoms. The number of rotatable bonds is 2. The first-order valence-corrected chi connectivity index (χ1v) is 6.05. The lowest BCUT2D eigenvalue weighted by molar-refractivity contribution is -0.0875. The molecular formula is C9H16N2O3S. The minimum Gasteiger partial charge on any atom is -0.394 e. The number of hydrogen-bond donors (Lipinski definition) is 3. The average Bonchev–Trinajstić information content (AvgIpc) is 2.61. The summed E-state index contributed by atoms with van der Waals surface area (Å²) in [4.78, 5) is 4.36. The van der Waals surface area contributed by atoms with Gasteiger partial charge in [-0.15, -0.1) is 0 Å². The highest BCUT2D eigenvalue weighted by Gasteiger charge is 2.42. The van der Waals surface area contributed by atoms with Gasteiger partial charge >= 0.3 is 0 Å². The van der Waals surface area contributed by atoms with E-state index in [2.05, 4.69) is 10.3 Å². The maximum absolute atomic E-state index is 9.83. The van der Waals surface area contributed by atoms with Gasteiger partial charge in [-0.1, -0.05) is 11.8 Å². The topological polar surface area (TPSA) is 74.1 Å². The van der Waals surface area contributed by atoms with Crippen molar-refractivity contribution in [2.75, 3.05) is 13.2 Å². The monoisotopic (exact) mass is 232 g/mol. The zero-order chi connectivity index (χ0) is 10.8. The molecule has 1 saturated heterocycles. The Balaban J connectivity index is 2.00. The maximum atomic E-state index is 9.83. The molecule has 2 aliphatic heterocycles. The lowest BCUT2D eigenvalue weighted by Gasteiger charge is -2.33. The summed E-state index contributed by atoms with van der Waals surface area (Å²) < 4.78 is 5.60. The molecule has 15 heavy (non-hydrogen) atoms. The summed E-state index contributed by atoms with van der Waals surface area (Å²) in [5, 5.41) is 22.8. The van der Waals surface area contributed by atoms with Crippen LogP contribution in [0.25, 0.3) is 0 Å². The van der Waals surface area contributed by atoms with E-state index in [4.69, 9.17) is 9.84 Å². The fourth-order valence-electron chi connectivity index (χ4n) is 1.79. The fourth-order valence-corrected chi connectivity index (χ4v) is 3.02. The van der Waals surface area contributed by atoms with Crippen molar-refractivity contribution in [2.24, 2.45) is 4.99 Å². The number of aliphatic imine (C=N–C) groups is 1. The van der Waals surface area contributed by atoms with Crippen molar-refractivity contribution < 1.29 is 14.9 Å². The van der Waals surface area contributed by atoms with Crippen LogP contribution < -0.4 is 5.32 Å². The van der Waals surface area contributed by atoms with Crippen LogP contribution in [0.2, 0.25) is 0 Å². The Morgan fingerprint density at radius 3 is 3.13 bits per heavy atom. The molecule has 0 bridgehead atoms. The van der Waals surface area contributed by atoms with E-state index in [0.29, 0.717) is 6.42 Å². The maximum Gasteiger partial charge on any atom is 0.159 e. The second-order valence-corrected chi connectivity index (χ2v) is 4.77. The quantitative estimate of drug-likeness (QED) is 0.600. The summed E-state index contributed by atoms with van der Waals surface area (Å²) in [6.07, 6.45) is -0.310. The molecule has 5 nitrogen and oxygen atoms in total. The van der Waals surface area contributed by atoms with E-state index in [0.717, 1.165) is 11.7 Å². The molecule has 2 rings (SSSR count). The third-order valence-corrected chi connectivity index (χ3v) is 3.63. The molecule has 0 unspecified atom stereocenters. The van der Waals surface area contributed by atoms with Crippen LogP contribution in [-0.2, 0) is 4.74 Å². The second kappa shape index (κ2) is 4.69. The number of fused-ring (bicyclic) bond motifs is 1. The van der Waals surface area contributed by atoms with E-state index in [9.17, 15) is 5.11 Å². The van der Waals surface area contributed by atoms with Gasteiger partial charge in [0.1, 0.15) is 11.5 Å². The van der Waals surface area contributed by atoms with Crippen molar-refractivity contribution >= 4 is 16.9 Å². The SMILES string of the molecule is CCNC1=N[C@H]2[C@H](O[C@H](CO)C[C@@H]2O)S1. The first kappa shape index (κ1) is 11.2. The minimum atomic E-state index is -0.510. The Morgan fingerprint density at radius 2 is 2.47 bits per heavy atom. The van der Waals surface area contributed by atoms with Crippen molar-refractivity contribution in [2.45, 2.75) is 37.0 Å². The molecule has 0 aromatic carbocycles. The second-order valence-electron chi connectivity index (χ2n) is 3.69. The first-order valence-electron chi connectivity index (χ1n) is 5.17. The largest absolute Gasteiger partial charge is 0.394 e. The van der Waals surface area contributed by atoms with Gasteiger partial charge in [-0.3, -0.25) is 4.99 Å². The predicted octanol–water partition coefficient (Wildman–Crippen LogP) is -0.464. The lowest BCUT2D eigenvalue weighted by atomic mass is 10.0. The van der Waals surface area contributed by atoms with Crippen LogP contribution in [-0.4, -0.2) is 52.2 Å². The van der Waals surface area contributed by atoms with E-state index >= 15 is 0 Å². The molecule has 2 heterocycles. The molecule has 86 valence electrons. The Morgan fingerprint density at radius 1 is 1.67 bits per heavy atom. The predicted molar refractivity (Wildman–Crippen MR) is 58.9 cm³/mol. The number of aliphatic hydroxyl groups excluding tert-OH is 2. The summed E-state index contributed by atoms with van der Waals surface area (Å²) in [7, 11) is 0. The van der Waals surface area contributed by atoms with Gasteiger partial charge < -0.3 is 20.3 Å². The molecule has 0 aliphatic carbocycles. The van der Waals surface area contributed by atoms with Crippen LogP contribution in [0.4, 0.5) is 0 Å². The molecule has 4 atom stereocenters. The number of amidine groups is 1. The Bertz CT molecular complexity index is 262. The highest BCUT2D eigenvalue weighted by molar-refractivity contribution is 8.14. The molecule has 3 N–H and O–H groups in total. The smallest absolute Gasteiger partial charge is 0.159 e. The summed E-state index contributed by atoms with van der Waals surface area (Å²) in [6.45, 7) is 2.76. The number of nitrogens with one attached hydrogen (secondary N) is 1. The van der Waals surface area contributed by atoms with Gasteiger partial charge in [-0.05, 0) is 6.92 Å². The lowest BCUT2D eigenvalue weighted by Crippen LogP contribution is -2.45.